The van der Waals surface area contributed by atoms with Crippen molar-refractivity contribution in [2.24, 2.45) is 0 Å². The number of amides is 3. The van der Waals surface area contributed by atoms with E-state index in [4.69, 9.17) is 0 Å². The molecule has 0 saturated carbocycles. The Balaban J connectivity index is 1.62. The second kappa shape index (κ2) is 7.03. The highest BCUT2D eigenvalue weighted by molar-refractivity contribution is 6.09. The molecule has 2 unspecified atom stereocenters. The van der Waals surface area contributed by atoms with E-state index in [9.17, 15) is 14.4 Å². The van der Waals surface area contributed by atoms with Gasteiger partial charge in [-0.15, -0.1) is 0 Å². The number of hydrogen-bond donors (Lipinski definition) is 2. The Hall–Kier alpha value is -2.37. The van der Waals surface area contributed by atoms with Gasteiger partial charge in [0.15, 0.2) is 0 Å². The molecule has 6 heteroatoms. The van der Waals surface area contributed by atoms with E-state index in [2.05, 4.69) is 17.6 Å². The summed E-state index contributed by atoms with van der Waals surface area (Å²) in [6, 6.07) is 6.48. The average molecular weight is 329 g/mol. The molecule has 128 valence electrons. The number of para-hydroxylation sites is 1. The molecule has 3 amide bonds. The van der Waals surface area contributed by atoms with Crippen LogP contribution in [-0.4, -0.2) is 41.2 Å². The standard InChI is InChI=1S/C18H23N3O3/c1-12-6-4-5-11-21(12)16(22)10-9-15-18(24)19-14-8-3-2-7-13(14)17(23)20-15/h2-3,7-8,12,15H,4-6,9-11H2,1H3,(H,19,24)(H,20,23). The van der Waals surface area contributed by atoms with Gasteiger partial charge in [-0.2, -0.15) is 0 Å². The molecule has 1 aromatic rings. The third-order valence-corrected chi connectivity index (χ3v) is 4.82. The van der Waals surface area contributed by atoms with Crippen molar-refractivity contribution in [2.75, 3.05) is 11.9 Å². The van der Waals surface area contributed by atoms with Crippen molar-refractivity contribution in [3.05, 3.63) is 29.8 Å². The molecule has 0 aliphatic carbocycles. The summed E-state index contributed by atoms with van der Waals surface area (Å²) >= 11 is 0. The van der Waals surface area contributed by atoms with Crippen molar-refractivity contribution >= 4 is 23.4 Å². The molecule has 6 nitrogen and oxygen atoms in total. The van der Waals surface area contributed by atoms with Crippen LogP contribution in [0.4, 0.5) is 5.69 Å². The predicted molar refractivity (Wildman–Crippen MR) is 90.6 cm³/mol. The van der Waals surface area contributed by atoms with Crippen LogP contribution in [0.1, 0.15) is 49.4 Å². The second-order valence-corrected chi connectivity index (χ2v) is 6.53. The van der Waals surface area contributed by atoms with Crippen molar-refractivity contribution in [3.63, 3.8) is 0 Å². The number of anilines is 1. The molecule has 2 N–H and O–H groups in total. The minimum absolute atomic E-state index is 0.0611. The van der Waals surface area contributed by atoms with Crippen LogP contribution in [0.15, 0.2) is 24.3 Å². The first-order valence-electron chi connectivity index (χ1n) is 8.56. The van der Waals surface area contributed by atoms with E-state index < -0.39 is 6.04 Å². The number of hydrogen-bond acceptors (Lipinski definition) is 3. The van der Waals surface area contributed by atoms with Gasteiger partial charge in [-0.3, -0.25) is 14.4 Å². The van der Waals surface area contributed by atoms with Gasteiger partial charge in [-0.1, -0.05) is 12.1 Å². The summed E-state index contributed by atoms with van der Waals surface area (Å²) in [6.07, 6.45) is 3.80. The van der Waals surface area contributed by atoms with Gasteiger partial charge < -0.3 is 15.5 Å². The molecule has 1 saturated heterocycles. The lowest BCUT2D eigenvalue weighted by molar-refractivity contribution is -0.134. The fourth-order valence-electron chi connectivity index (χ4n) is 3.39. The number of likely N-dealkylation sites (tertiary alicyclic amines) is 1. The van der Waals surface area contributed by atoms with Crippen LogP contribution in [0.5, 0.6) is 0 Å². The van der Waals surface area contributed by atoms with Gasteiger partial charge in [0.1, 0.15) is 6.04 Å². The lowest BCUT2D eigenvalue weighted by Crippen LogP contribution is -2.44. The number of rotatable bonds is 3. The Morgan fingerprint density at radius 2 is 2.04 bits per heavy atom. The van der Waals surface area contributed by atoms with Gasteiger partial charge in [-0.25, -0.2) is 0 Å². The topological polar surface area (TPSA) is 78.5 Å². The van der Waals surface area contributed by atoms with E-state index in [1.54, 1.807) is 24.3 Å². The van der Waals surface area contributed by atoms with Crippen molar-refractivity contribution in [2.45, 2.75) is 51.1 Å². The monoisotopic (exact) mass is 329 g/mol. The number of fused-ring (bicyclic) bond motifs is 1. The van der Waals surface area contributed by atoms with E-state index in [0.29, 0.717) is 17.7 Å². The SMILES string of the molecule is CC1CCCCN1C(=O)CCC1NC(=O)c2ccccc2NC1=O. The van der Waals surface area contributed by atoms with E-state index >= 15 is 0 Å². The van der Waals surface area contributed by atoms with Gasteiger partial charge >= 0.3 is 0 Å². The molecule has 24 heavy (non-hydrogen) atoms. The highest BCUT2D eigenvalue weighted by atomic mass is 16.2. The van der Waals surface area contributed by atoms with Gasteiger partial charge in [0.2, 0.25) is 11.8 Å². The molecule has 0 spiro atoms. The maximum absolute atomic E-state index is 12.4. The van der Waals surface area contributed by atoms with E-state index in [1.165, 1.54) is 0 Å². The van der Waals surface area contributed by atoms with Crippen molar-refractivity contribution in [1.82, 2.24) is 10.2 Å². The summed E-state index contributed by atoms with van der Waals surface area (Å²) < 4.78 is 0. The normalized spacial score (nSPS) is 23.8. The quantitative estimate of drug-likeness (QED) is 0.889. The molecule has 1 aromatic carbocycles. The molecule has 0 aromatic heterocycles. The zero-order valence-corrected chi connectivity index (χ0v) is 13.9. The first kappa shape index (κ1) is 16.5. The van der Waals surface area contributed by atoms with Gasteiger partial charge in [0.25, 0.3) is 5.91 Å². The smallest absolute Gasteiger partial charge is 0.254 e. The first-order chi connectivity index (χ1) is 11.6. The highest BCUT2D eigenvalue weighted by Crippen LogP contribution is 2.21. The van der Waals surface area contributed by atoms with Crippen LogP contribution in [0.25, 0.3) is 0 Å². The Kier molecular flexibility index (Phi) is 4.83. The maximum Gasteiger partial charge on any atom is 0.254 e. The molecular formula is C18H23N3O3. The Bertz CT molecular complexity index is 659. The van der Waals surface area contributed by atoms with Crippen LogP contribution in [0, 0.1) is 0 Å². The summed E-state index contributed by atoms with van der Waals surface area (Å²) in [5.74, 6) is -0.494. The zero-order chi connectivity index (χ0) is 17.1. The minimum Gasteiger partial charge on any atom is -0.340 e. The molecule has 0 bridgehead atoms. The first-order valence-corrected chi connectivity index (χ1v) is 8.56. The zero-order valence-electron chi connectivity index (χ0n) is 13.9. The van der Waals surface area contributed by atoms with Crippen LogP contribution in [-0.2, 0) is 9.59 Å². The molecule has 0 radical (unpaired) electrons. The Labute approximate surface area is 141 Å². The number of carbonyl (C=O) groups excluding carboxylic acids is 3. The molecule has 2 atom stereocenters. The average Bonchev–Trinajstić information content (AvgIpc) is 2.70. The van der Waals surface area contributed by atoms with Crippen LogP contribution in [0.3, 0.4) is 0 Å². The van der Waals surface area contributed by atoms with Gasteiger partial charge in [0.05, 0.1) is 11.3 Å². The van der Waals surface area contributed by atoms with Crippen molar-refractivity contribution < 1.29 is 14.4 Å². The molecule has 2 heterocycles. The fraction of sp³-hybridized carbons (Fsp3) is 0.500. The second-order valence-electron chi connectivity index (χ2n) is 6.53. The Morgan fingerprint density at radius 1 is 1.25 bits per heavy atom. The van der Waals surface area contributed by atoms with Gasteiger partial charge in [-0.05, 0) is 44.7 Å². The van der Waals surface area contributed by atoms with Crippen molar-refractivity contribution in [3.8, 4) is 0 Å². The van der Waals surface area contributed by atoms with Crippen molar-refractivity contribution in [1.29, 1.82) is 0 Å². The third-order valence-electron chi connectivity index (χ3n) is 4.82. The summed E-state index contributed by atoms with van der Waals surface area (Å²) in [5, 5.41) is 5.50. The number of nitrogens with zero attached hydrogens (tertiary/aromatic N) is 1. The highest BCUT2D eigenvalue weighted by Gasteiger charge is 2.29. The van der Waals surface area contributed by atoms with Crippen LogP contribution >= 0.6 is 0 Å². The maximum atomic E-state index is 12.4. The Morgan fingerprint density at radius 3 is 2.83 bits per heavy atom. The lowest BCUT2D eigenvalue weighted by Gasteiger charge is -2.33. The van der Waals surface area contributed by atoms with Crippen LogP contribution in [0.2, 0.25) is 0 Å². The van der Waals surface area contributed by atoms with Gasteiger partial charge in [0, 0.05) is 19.0 Å². The largest absolute Gasteiger partial charge is 0.340 e. The lowest BCUT2D eigenvalue weighted by atomic mass is 10.0. The molecule has 1 fully saturated rings. The molecular weight excluding hydrogens is 306 g/mol. The number of benzene rings is 1. The summed E-state index contributed by atoms with van der Waals surface area (Å²) in [7, 11) is 0. The third kappa shape index (κ3) is 3.42. The summed E-state index contributed by atoms with van der Waals surface area (Å²) in [6.45, 7) is 2.85. The summed E-state index contributed by atoms with van der Waals surface area (Å²) in [5.41, 5.74) is 0.961. The predicted octanol–water partition coefficient (Wildman–Crippen LogP) is 1.92. The van der Waals surface area contributed by atoms with E-state index in [0.717, 1.165) is 25.8 Å². The minimum atomic E-state index is -0.686. The fourth-order valence-corrected chi connectivity index (χ4v) is 3.39. The molecule has 2 aliphatic rings. The molecule has 2 aliphatic heterocycles. The summed E-state index contributed by atoms with van der Waals surface area (Å²) in [4.78, 5) is 38.9. The number of nitrogens with one attached hydrogen (secondary N) is 2. The van der Waals surface area contributed by atoms with E-state index in [-0.39, 0.29) is 30.2 Å². The number of piperidine rings is 1. The number of carbonyl (C=O) groups is 3. The molecule has 3 rings (SSSR count). The van der Waals surface area contributed by atoms with E-state index in [1.807, 2.05) is 4.90 Å². The van der Waals surface area contributed by atoms with Crippen LogP contribution < -0.4 is 10.6 Å².